The molecule has 1 aromatic carbocycles. The van der Waals surface area contributed by atoms with E-state index in [1.54, 1.807) is 6.92 Å². The van der Waals surface area contributed by atoms with E-state index in [2.05, 4.69) is 84.1 Å². The number of hydrogen-bond donors (Lipinski definition) is 1. The number of ketones is 1. The first-order valence-corrected chi connectivity index (χ1v) is 17.5. The number of nitrogens with one attached hydrogen (secondary N) is 1. The molecule has 1 N–H and O–H groups in total. The van der Waals surface area contributed by atoms with Crippen molar-refractivity contribution in [1.82, 2.24) is 9.55 Å². The molecule has 3 nitrogen and oxygen atoms in total. The molecule has 0 spiro atoms. The smallest absolute Gasteiger partial charge is 0.161 e. The summed E-state index contributed by atoms with van der Waals surface area (Å²) < 4.78 is 3.82. The van der Waals surface area contributed by atoms with Gasteiger partial charge in [0.05, 0.1) is 5.69 Å². The van der Waals surface area contributed by atoms with Crippen LogP contribution in [0.2, 0.25) is 0 Å². The van der Waals surface area contributed by atoms with Gasteiger partial charge in [-0.25, -0.2) is 0 Å². The molecule has 0 aliphatic rings. The first-order chi connectivity index (χ1) is 19.7. The van der Waals surface area contributed by atoms with Gasteiger partial charge >= 0.3 is 0 Å². The lowest BCUT2D eigenvalue weighted by molar-refractivity contribution is 0.101. The Bertz CT molecular complexity index is 1250. The van der Waals surface area contributed by atoms with Crippen LogP contribution in [0.15, 0.2) is 24.3 Å². The van der Waals surface area contributed by atoms with Gasteiger partial charge in [-0.1, -0.05) is 103 Å². The summed E-state index contributed by atoms with van der Waals surface area (Å²) in [6.45, 7) is 13.6. The maximum atomic E-state index is 12.1. The molecule has 0 saturated carbocycles. The molecular weight excluding hydrogens is 615 g/mol. The molecule has 0 amide bonds. The Morgan fingerprint density at radius 2 is 1.37 bits per heavy atom. The van der Waals surface area contributed by atoms with Crippen LogP contribution in [0.1, 0.15) is 148 Å². The molecule has 3 rings (SSSR count). The van der Waals surface area contributed by atoms with Crippen molar-refractivity contribution in [2.45, 2.75) is 144 Å². The number of nitrogens with zero attached hydrogens (tertiary/aromatic N) is 1. The maximum Gasteiger partial charge on any atom is 0.161 e. The van der Waals surface area contributed by atoms with Crippen LogP contribution < -0.4 is 0 Å². The van der Waals surface area contributed by atoms with Gasteiger partial charge in [-0.15, -0.1) is 0 Å². The predicted octanol–water partition coefficient (Wildman–Crippen LogP) is 11.6. The summed E-state index contributed by atoms with van der Waals surface area (Å²) in [6.07, 6.45) is 20.4. The minimum Gasteiger partial charge on any atom is -0.361 e. The third kappa shape index (κ3) is 9.86. The molecule has 4 heteroatoms. The molecule has 0 bridgehead atoms. The molecule has 0 unspecified atom stereocenters. The number of aromatic nitrogens is 2. The first kappa shape index (κ1) is 33.7. The third-order valence-electron chi connectivity index (χ3n) is 8.82. The minimum absolute atomic E-state index is 0.137. The molecule has 0 aliphatic heterocycles. The number of carbonyl (C=O) groups excluding carboxylic acids is 1. The molecule has 2 heterocycles. The largest absolute Gasteiger partial charge is 0.361 e. The number of carbonyl (C=O) groups is 1. The van der Waals surface area contributed by atoms with E-state index >= 15 is 0 Å². The number of aromatic amines is 1. The second kappa shape index (κ2) is 17.3. The van der Waals surface area contributed by atoms with Gasteiger partial charge in [-0.05, 0) is 98.0 Å². The van der Waals surface area contributed by atoms with Crippen LogP contribution in [-0.2, 0) is 13.0 Å². The zero-order valence-electron chi connectivity index (χ0n) is 26.9. The predicted molar refractivity (Wildman–Crippen MR) is 185 cm³/mol. The highest BCUT2D eigenvalue weighted by Crippen LogP contribution is 2.31. The summed E-state index contributed by atoms with van der Waals surface area (Å²) >= 11 is 2.48. The van der Waals surface area contributed by atoms with Gasteiger partial charge in [0.1, 0.15) is 0 Å². The number of rotatable bonds is 19. The number of hydrogen-bond acceptors (Lipinski definition) is 1. The molecule has 0 fully saturated rings. The van der Waals surface area contributed by atoms with Gasteiger partial charge in [-0.2, -0.15) is 0 Å². The topological polar surface area (TPSA) is 37.8 Å². The van der Waals surface area contributed by atoms with Crippen LogP contribution in [0.4, 0.5) is 0 Å². The molecule has 0 saturated heterocycles. The Balaban J connectivity index is 1.48. The third-order valence-corrected chi connectivity index (χ3v) is 9.82. The van der Waals surface area contributed by atoms with Gasteiger partial charge in [0, 0.05) is 39.2 Å². The second-order valence-corrected chi connectivity index (χ2v) is 13.5. The molecule has 3 aromatic rings. The van der Waals surface area contributed by atoms with E-state index in [-0.39, 0.29) is 5.78 Å². The average molecular weight is 671 g/mol. The van der Waals surface area contributed by atoms with Crippen LogP contribution in [0.25, 0.3) is 11.3 Å². The summed E-state index contributed by atoms with van der Waals surface area (Å²) in [7, 11) is 0. The van der Waals surface area contributed by atoms with Gasteiger partial charge in [-0.3, -0.25) is 4.79 Å². The van der Waals surface area contributed by atoms with Crippen molar-refractivity contribution in [2.75, 3.05) is 0 Å². The number of halogens is 1. The highest BCUT2D eigenvalue weighted by molar-refractivity contribution is 14.1. The highest BCUT2D eigenvalue weighted by Gasteiger charge is 2.17. The fraction of sp³-hybridized carbons (Fsp3) is 0.595. The molecular formula is C37H55IN2O. The summed E-state index contributed by atoms with van der Waals surface area (Å²) in [4.78, 5) is 15.5. The van der Waals surface area contributed by atoms with Crippen LogP contribution in [0.5, 0.6) is 0 Å². The van der Waals surface area contributed by atoms with Crippen molar-refractivity contribution in [1.29, 1.82) is 0 Å². The molecule has 0 radical (unpaired) electrons. The van der Waals surface area contributed by atoms with E-state index in [0.717, 1.165) is 35.5 Å². The number of H-pyrrole nitrogens is 1. The molecule has 226 valence electrons. The van der Waals surface area contributed by atoms with E-state index in [1.165, 1.54) is 122 Å². The minimum atomic E-state index is 0.137. The van der Waals surface area contributed by atoms with Crippen molar-refractivity contribution in [2.24, 2.45) is 0 Å². The molecule has 41 heavy (non-hydrogen) atoms. The van der Waals surface area contributed by atoms with E-state index < -0.39 is 0 Å². The summed E-state index contributed by atoms with van der Waals surface area (Å²) in [5.74, 6) is 0.137. The van der Waals surface area contributed by atoms with Gasteiger partial charge in [0.25, 0.3) is 0 Å². The van der Waals surface area contributed by atoms with Crippen LogP contribution in [0, 0.1) is 31.3 Å². The van der Waals surface area contributed by atoms with Gasteiger partial charge < -0.3 is 9.55 Å². The number of unbranched alkanes of at least 4 members (excludes halogenated alkanes) is 13. The number of benzene rings is 1. The molecule has 0 atom stereocenters. The average Bonchev–Trinajstić information content (AvgIpc) is 3.37. The van der Waals surface area contributed by atoms with E-state index in [4.69, 9.17) is 0 Å². The Labute approximate surface area is 264 Å². The normalized spacial score (nSPS) is 11.5. The summed E-state index contributed by atoms with van der Waals surface area (Å²) in [5.41, 5.74) is 10.7. The van der Waals surface area contributed by atoms with Crippen LogP contribution >= 0.6 is 22.6 Å². The number of Topliss-reactive ketones (excluding diaryl/α,β-unsaturated/α-hetero) is 1. The van der Waals surface area contributed by atoms with Crippen molar-refractivity contribution in [3.63, 3.8) is 0 Å². The number of aryl methyl sites for hydroxylation is 3. The fourth-order valence-electron chi connectivity index (χ4n) is 6.53. The quantitative estimate of drug-likeness (QED) is 0.0769. The van der Waals surface area contributed by atoms with E-state index in [0.29, 0.717) is 0 Å². The van der Waals surface area contributed by atoms with E-state index in [9.17, 15) is 4.79 Å². The van der Waals surface area contributed by atoms with Gasteiger partial charge in [0.15, 0.2) is 5.78 Å². The molecule has 2 aromatic heterocycles. The van der Waals surface area contributed by atoms with E-state index in [1.807, 2.05) is 6.92 Å². The Morgan fingerprint density at radius 1 is 0.805 bits per heavy atom. The lowest BCUT2D eigenvalue weighted by Gasteiger charge is -2.15. The molecule has 0 aliphatic carbocycles. The maximum absolute atomic E-state index is 12.1. The second-order valence-electron chi connectivity index (χ2n) is 12.3. The van der Waals surface area contributed by atoms with Crippen molar-refractivity contribution >= 4 is 28.4 Å². The fourth-order valence-corrected chi connectivity index (χ4v) is 7.24. The lowest BCUT2D eigenvalue weighted by Crippen LogP contribution is -2.04. The van der Waals surface area contributed by atoms with Crippen LogP contribution in [-0.4, -0.2) is 15.3 Å². The first-order valence-electron chi connectivity index (χ1n) is 16.4. The zero-order chi connectivity index (χ0) is 29.8. The Morgan fingerprint density at radius 3 is 1.88 bits per heavy atom. The Kier molecular flexibility index (Phi) is 14.2. The van der Waals surface area contributed by atoms with Crippen LogP contribution in [0.3, 0.4) is 0 Å². The van der Waals surface area contributed by atoms with Crippen molar-refractivity contribution in [3.8, 4) is 11.3 Å². The van der Waals surface area contributed by atoms with Gasteiger partial charge in [0.2, 0.25) is 0 Å². The summed E-state index contributed by atoms with van der Waals surface area (Å²) in [6, 6.07) is 9.25. The zero-order valence-corrected chi connectivity index (χ0v) is 29.0. The van der Waals surface area contributed by atoms with Crippen molar-refractivity contribution in [3.05, 3.63) is 67.2 Å². The Hall–Kier alpha value is -1.82. The lowest BCUT2D eigenvalue weighted by atomic mass is 10.0. The monoisotopic (exact) mass is 670 g/mol. The van der Waals surface area contributed by atoms with Crippen molar-refractivity contribution < 1.29 is 4.79 Å². The highest BCUT2D eigenvalue weighted by atomic mass is 127. The SMILES string of the molecule is CCCCCCCCCCCCCCCCn1c(C)cc(C)c1-c1ccc(Cc2[nH]c(C)c(C(C)=O)c2C)c(I)c1. The summed E-state index contributed by atoms with van der Waals surface area (Å²) in [5, 5.41) is 0. The standard InChI is InChI=1S/C37H55IN2O/c1-7-8-9-10-11-12-13-14-15-16-17-18-19-20-23-40-28(3)24-27(2)37(40)33-22-21-32(34(38)25-33)26-35-29(4)36(31(6)41)30(5)39-35/h21-22,24-25,39H,7-20,23,26H2,1-6H3.